The van der Waals surface area contributed by atoms with Crippen LogP contribution in [0.2, 0.25) is 5.15 Å². The number of ether oxygens (including phenoxy) is 1. The van der Waals surface area contributed by atoms with Gasteiger partial charge in [0.1, 0.15) is 4.90 Å². The predicted octanol–water partition coefficient (Wildman–Crippen LogP) is 1.33. The van der Waals surface area contributed by atoms with Crippen molar-refractivity contribution in [2.75, 3.05) is 7.11 Å². The van der Waals surface area contributed by atoms with Crippen LogP contribution in [-0.4, -0.2) is 20.5 Å². The molecule has 16 heavy (non-hydrogen) atoms. The monoisotopic (exact) mass is 272 g/mol. The fourth-order valence-corrected chi connectivity index (χ4v) is 2.28. The number of alkyl halides is 2. The van der Waals surface area contributed by atoms with Crippen LogP contribution in [0.4, 0.5) is 8.78 Å². The van der Waals surface area contributed by atoms with Crippen LogP contribution in [-0.2, 0) is 10.0 Å². The molecule has 0 aliphatic carbocycles. The van der Waals surface area contributed by atoms with Crippen molar-refractivity contribution >= 4 is 21.6 Å². The van der Waals surface area contributed by atoms with Crippen LogP contribution in [0.5, 0.6) is 5.75 Å². The number of nitrogens with zero attached hydrogens (tertiary/aromatic N) is 1. The summed E-state index contributed by atoms with van der Waals surface area (Å²) < 4.78 is 52.0. The zero-order valence-electron chi connectivity index (χ0n) is 7.95. The fraction of sp³-hybridized carbons (Fsp3) is 0.286. The molecule has 90 valence electrons. The first-order chi connectivity index (χ1) is 7.29. The van der Waals surface area contributed by atoms with E-state index in [2.05, 4.69) is 9.72 Å². The van der Waals surface area contributed by atoms with E-state index in [4.69, 9.17) is 16.7 Å². The van der Waals surface area contributed by atoms with Gasteiger partial charge in [-0.2, -0.15) is 0 Å². The number of aromatic nitrogens is 1. The molecule has 1 aromatic rings. The van der Waals surface area contributed by atoms with Gasteiger partial charge in [-0.25, -0.2) is 27.3 Å². The summed E-state index contributed by atoms with van der Waals surface area (Å²) in [4.78, 5) is 2.54. The lowest BCUT2D eigenvalue weighted by Crippen LogP contribution is -2.17. The molecule has 1 heterocycles. The van der Waals surface area contributed by atoms with Crippen molar-refractivity contribution in [3.8, 4) is 5.75 Å². The fourth-order valence-electron chi connectivity index (χ4n) is 1.09. The quantitative estimate of drug-likeness (QED) is 0.842. The van der Waals surface area contributed by atoms with Crippen molar-refractivity contribution < 1.29 is 21.9 Å². The van der Waals surface area contributed by atoms with E-state index in [1.807, 2.05) is 0 Å². The molecular formula is C7H7ClF2N2O3S. The molecule has 0 atom stereocenters. The molecule has 1 aromatic heterocycles. The van der Waals surface area contributed by atoms with E-state index >= 15 is 0 Å². The minimum absolute atomic E-state index is 0.351. The van der Waals surface area contributed by atoms with Crippen molar-refractivity contribution in [2.45, 2.75) is 11.3 Å². The second-order valence-corrected chi connectivity index (χ2v) is 4.57. The second-order valence-electron chi connectivity index (χ2n) is 2.71. The summed E-state index contributed by atoms with van der Waals surface area (Å²) >= 11 is 5.51. The number of nitrogens with two attached hydrogens (primary N) is 1. The third-order valence-electron chi connectivity index (χ3n) is 1.70. The van der Waals surface area contributed by atoms with Gasteiger partial charge in [0.2, 0.25) is 10.0 Å². The maximum Gasteiger partial charge on any atom is 0.266 e. The van der Waals surface area contributed by atoms with Gasteiger partial charge in [0.25, 0.3) is 6.43 Å². The first kappa shape index (κ1) is 13.1. The average molecular weight is 273 g/mol. The van der Waals surface area contributed by atoms with E-state index in [9.17, 15) is 17.2 Å². The van der Waals surface area contributed by atoms with Crippen molar-refractivity contribution in [2.24, 2.45) is 5.14 Å². The van der Waals surface area contributed by atoms with E-state index < -0.39 is 32.7 Å². The summed E-state index contributed by atoms with van der Waals surface area (Å²) in [6, 6.07) is 0. The molecule has 2 N–H and O–H groups in total. The Morgan fingerprint density at radius 2 is 2.12 bits per heavy atom. The minimum Gasteiger partial charge on any atom is -0.492 e. The van der Waals surface area contributed by atoms with Gasteiger partial charge in [0.15, 0.2) is 10.9 Å². The standard InChI is InChI=1S/C7H7ClF2N2O3S/c1-15-4-5(16(11,13)14)3(7(9)10)2-12-6(4)8/h2,7H,1H3,(H2,11,13,14). The Morgan fingerprint density at radius 1 is 1.56 bits per heavy atom. The lowest BCUT2D eigenvalue weighted by atomic mass is 10.3. The summed E-state index contributed by atoms with van der Waals surface area (Å²) in [5.74, 6) is -0.484. The van der Waals surface area contributed by atoms with Gasteiger partial charge in [0, 0.05) is 6.20 Å². The highest BCUT2D eigenvalue weighted by Crippen LogP contribution is 2.36. The van der Waals surface area contributed by atoms with E-state index in [0.29, 0.717) is 6.20 Å². The van der Waals surface area contributed by atoms with Crippen LogP contribution < -0.4 is 9.88 Å². The lowest BCUT2D eigenvalue weighted by molar-refractivity contribution is 0.146. The van der Waals surface area contributed by atoms with E-state index in [-0.39, 0.29) is 5.15 Å². The van der Waals surface area contributed by atoms with Crippen LogP contribution in [0.3, 0.4) is 0 Å². The molecule has 0 saturated heterocycles. The van der Waals surface area contributed by atoms with E-state index in [1.165, 1.54) is 0 Å². The molecule has 0 saturated carbocycles. The number of pyridine rings is 1. The number of methoxy groups -OCH3 is 1. The number of halogens is 3. The highest BCUT2D eigenvalue weighted by Gasteiger charge is 2.27. The first-order valence-corrected chi connectivity index (χ1v) is 5.74. The molecular weight excluding hydrogens is 266 g/mol. The van der Waals surface area contributed by atoms with E-state index in [1.54, 1.807) is 0 Å². The predicted molar refractivity (Wildman–Crippen MR) is 52.1 cm³/mol. The van der Waals surface area contributed by atoms with Crippen molar-refractivity contribution in [3.05, 3.63) is 16.9 Å². The third kappa shape index (κ3) is 2.39. The Hall–Kier alpha value is -0.990. The molecule has 9 heteroatoms. The largest absolute Gasteiger partial charge is 0.492 e. The van der Waals surface area contributed by atoms with Gasteiger partial charge in [-0.15, -0.1) is 0 Å². The molecule has 0 aromatic carbocycles. The molecule has 0 aliphatic heterocycles. The zero-order chi connectivity index (χ0) is 12.5. The minimum atomic E-state index is -4.37. The summed E-state index contributed by atoms with van der Waals surface area (Å²) in [5.41, 5.74) is -0.844. The van der Waals surface area contributed by atoms with Crippen LogP contribution >= 0.6 is 11.6 Å². The van der Waals surface area contributed by atoms with Crippen LogP contribution in [0.15, 0.2) is 11.1 Å². The SMILES string of the molecule is COc1c(Cl)ncc(C(F)F)c1S(N)(=O)=O. The number of primary sulfonamides is 1. The molecule has 1 rings (SSSR count). The summed E-state index contributed by atoms with van der Waals surface area (Å²) in [5, 5.41) is 4.46. The van der Waals surface area contributed by atoms with Crippen LogP contribution in [0.25, 0.3) is 0 Å². The Kier molecular flexibility index (Phi) is 3.66. The van der Waals surface area contributed by atoms with Crippen molar-refractivity contribution in [3.63, 3.8) is 0 Å². The van der Waals surface area contributed by atoms with Crippen molar-refractivity contribution in [1.29, 1.82) is 0 Å². The Balaban J connectivity index is 3.68. The second kappa shape index (κ2) is 4.48. The number of rotatable bonds is 3. The normalized spacial score (nSPS) is 11.9. The molecule has 0 bridgehead atoms. The van der Waals surface area contributed by atoms with Crippen LogP contribution in [0, 0.1) is 0 Å². The Bertz CT molecular complexity index is 507. The van der Waals surface area contributed by atoms with E-state index in [0.717, 1.165) is 7.11 Å². The van der Waals surface area contributed by atoms with Gasteiger partial charge in [0.05, 0.1) is 12.7 Å². The molecule has 0 unspecified atom stereocenters. The maximum atomic E-state index is 12.5. The topological polar surface area (TPSA) is 82.3 Å². The van der Waals surface area contributed by atoms with Gasteiger partial charge in [-0.1, -0.05) is 11.6 Å². The third-order valence-corrected chi connectivity index (χ3v) is 2.96. The molecule has 0 amide bonds. The van der Waals surface area contributed by atoms with Gasteiger partial charge < -0.3 is 4.74 Å². The van der Waals surface area contributed by atoms with Crippen LogP contribution in [0.1, 0.15) is 12.0 Å². The zero-order valence-corrected chi connectivity index (χ0v) is 9.52. The molecule has 0 radical (unpaired) electrons. The number of hydrogen-bond acceptors (Lipinski definition) is 4. The first-order valence-electron chi connectivity index (χ1n) is 3.82. The highest BCUT2D eigenvalue weighted by molar-refractivity contribution is 7.89. The smallest absolute Gasteiger partial charge is 0.266 e. The summed E-state index contributed by atoms with van der Waals surface area (Å²) in [6.45, 7) is 0. The van der Waals surface area contributed by atoms with Gasteiger partial charge in [-0.3, -0.25) is 0 Å². The van der Waals surface area contributed by atoms with Crippen molar-refractivity contribution in [1.82, 2.24) is 4.98 Å². The number of sulfonamides is 1. The summed E-state index contributed by atoms with van der Waals surface area (Å²) in [7, 11) is -3.30. The molecule has 0 fully saturated rings. The highest BCUT2D eigenvalue weighted by atomic mass is 35.5. The Labute approximate surface area is 95.2 Å². The molecule has 5 nitrogen and oxygen atoms in total. The number of hydrogen-bond donors (Lipinski definition) is 1. The average Bonchev–Trinajstić information content (AvgIpc) is 2.15. The Morgan fingerprint density at radius 3 is 2.50 bits per heavy atom. The summed E-state index contributed by atoms with van der Waals surface area (Å²) in [6.07, 6.45) is -2.40. The molecule has 0 aliphatic rings. The van der Waals surface area contributed by atoms with Gasteiger partial charge in [-0.05, 0) is 0 Å². The van der Waals surface area contributed by atoms with Gasteiger partial charge >= 0.3 is 0 Å². The maximum absolute atomic E-state index is 12.5. The lowest BCUT2D eigenvalue weighted by Gasteiger charge is -2.11. The molecule has 0 spiro atoms.